The van der Waals surface area contributed by atoms with Crippen molar-refractivity contribution in [1.82, 2.24) is 8.97 Å². The summed E-state index contributed by atoms with van der Waals surface area (Å²) in [5, 5.41) is 4.72. The third kappa shape index (κ3) is 2.48. The van der Waals surface area contributed by atoms with Crippen LogP contribution < -0.4 is 5.56 Å². The molecule has 0 N–H and O–H groups in total. The molecule has 0 radical (unpaired) electrons. The van der Waals surface area contributed by atoms with Gasteiger partial charge in [0.15, 0.2) is 0 Å². The fourth-order valence-electron chi connectivity index (χ4n) is 3.60. The fraction of sp³-hybridized carbons (Fsp3) is 0.0455. The smallest absolute Gasteiger partial charge is 0.261 e. The zero-order chi connectivity index (χ0) is 18.5. The molecule has 2 aromatic heterocycles. The van der Waals surface area contributed by atoms with Crippen LogP contribution in [-0.2, 0) is 7.05 Å². The van der Waals surface area contributed by atoms with E-state index in [4.69, 9.17) is 11.6 Å². The summed E-state index contributed by atoms with van der Waals surface area (Å²) in [6.07, 6.45) is 0. The first-order chi connectivity index (χ1) is 13.1. The van der Waals surface area contributed by atoms with E-state index in [9.17, 15) is 4.79 Å². The van der Waals surface area contributed by atoms with E-state index < -0.39 is 0 Å². The highest BCUT2D eigenvalue weighted by Gasteiger charge is 2.18. The fourth-order valence-corrected chi connectivity index (χ4v) is 4.78. The van der Waals surface area contributed by atoms with E-state index in [1.165, 1.54) is 0 Å². The lowest BCUT2D eigenvalue weighted by Crippen LogP contribution is -2.19. The Labute approximate surface area is 164 Å². The third-order valence-electron chi connectivity index (χ3n) is 4.84. The molecule has 132 valence electrons. The van der Waals surface area contributed by atoms with Crippen molar-refractivity contribution in [1.29, 1.82) is 0 Å². The van der Waals surface area contributed by atoms with Crippen LogP contribution in [0.15, 0.2) is 87.5 Å². The topological polar surface area (TPSA) is 26.4 Å². The van der Waals surface area contributed by atoms with Crippen molar-refractivity contribution in [3.8, 4) is 0 Å². The molecule has 5 aromatic rings. The Balaban J connectivity index is 1.96. The predicted octanol–water partition coefficient (Wildman–Crippen LogP) is 5.75. The summed E-state index contributed by atoms with van der Waals surface area (Å²) in [4.78, 5) is 14.0. The first-order valence-corrected chi connectivity index (χ1v) is 9.79. The Bertz CT molecular complexity index is 1380. The van der Waals surface area contributed by atoms with Crippen LogP contribution in [0.25, 0.3) is 27.3 Å². The van der Waals surface area contributed by atoms with Gasteiger partial charge in [-0.2, -0.15) is 0 Å². The number of fused-ring (bicyclic) bond motifs is 5. The van der Waals surface area contributed by atoms with Crippen molar-refractivity contribution in [3.63, 3.8) is 0 Å². The number of aromatic nitrogens is 2. The molecule has 3 aromatic carbocycles. The molecule has 5 heteroatoms. The second-order valence-electron chi connectivity index (χ2n) is 6.45. The lowest BCUT2D eigenvalue weighted by atomic mass is 10.2. The zero-order valence-electron chi connectivity index (χ0n) is 14.5. The van der Waals surface area contributed by atoms with Gasteiger partial charge in [-0.15, -0.1) is 0 Å². The SMILES string of the molecule is Cn1c(=O)c2ccccc2n2c(Sc3ccc(Cl)cc3)c3ccccc3c12. The maximum Gasteiger partial charge on any atom is 0.261 e. The standard InChI is InChI=1S/C22H15ClN2OS/c1-24-20-16-6-2-3-7-17(16)22(27-15-12-10-14(23)11-13-15)25(20)19-9-5-4-8-18(19)21(24)26/h2-13H,1H3. The van der Waals surface area contributed by atoms with Gasteiger partial charge in [-0.1, -0.05) is 59.8 Å². The highest BCUT2D eigenvalue weighted by molar-refractivity contribution is 7.99. The molecule has 2 heterocycles. The predicted molar refractivity (Wildman–Crippen MR) is 113 cm³/mol. The molecule has 0 saturated carbocycles. The molecular weight excluding hydrogens is 376 g/mol. The number of para-hydroxylation sites is 1. The molecule has 0 aliphatic rings. The highest BCUT2D eigenvalue weighted by Crippen LogP contribution is 2.38. The number of nitrogens with zero attached hydrogens (tertiary/aromatic N) is 2. The molecule has 27 heavy (non-hydrogen) atoms. The van der Waals surface area contributed by atoms with Crippen molar-refractivity contribution >= 4 is 50.7 Å². The van der Waals surface area contributed by atoms with Crippen LogP contribution in [0.4, 0.5) is 0 Å². The van der Waals surface area contributed by atoms with Crippen LogP contribution in [0.1, 0.15) is 0 Å². The van der Waals surface area contributed by atoms with E-state index in [2.05, 4.69) is 16.5 Å². The number of rotatable bonds is 2. The van der Waals surface area contributed by atoms with Crippen molar-refractivity contribution in [3.05, 3.63) is 88.2 Å². The van der Waals surface area contributed by atoms with Crippen LogP contribution in [0.5, 0.6) is 0 Å². The van der Waals surface area contributed by atoms with Crippen LogP contribution in [-0.4, -0.2) is 8.97 Å². The van der Waals surface area contributed by atoms with Gasteiger partial charge >= 0.3 is 0 Å². The Morgan fingerprint density at radius 1 is 0.815 bits per heavy atom. The lowest BCUT2D eigenvalue weighted by molar-refractivity contribution is 0.870. The van der Waals surface area contributed by atoms with Crippen molar-refractivity contribution in [2.45, 2.75) is 9.92 Å². The van der Waals surface area contributed by atoms with Gasteiger partial charge < -0.3 is 0 Å². The molecule has 5 rings (SSSR count). The molecule has 0 fully saturated rings. The molecule has 0 aliphatic heterocycles. The largest absolute Gasteiger partial charge is 0.296 e. The van der Waals surface area contributed by atoms with Crippen LogP contribution in [0.2, 0.25) is 5.02 Å². The molecule has 3 nitrogen and oxygen atoms in total. The highest BCUT2D eigenvalue weighted by atomic mass is 35.5. The van der Waals surface area contributed by atoms with Gasteiger partial charge in [-0.25, -0.2) is 0 Å². The van der Waals surface area contributed by atoms with E-state index in [-0.39, 0.29) is 5.56 Å². The van der Waals surface area contributed by atoms with Gasteiger partial charge in [0.05, 0.1) is 15.9 Å². The molecule has 0 unspecified atom stereocenters. The van der Waals surface area contributed by atoms with Crippen molar-refractivity contribution < 1.29 is 0 Å². The van der Waals surface area contributed by atoms with E-state index in [0.29, 0.717) is 5.39 Å². The first kappa shape index (κ1) is 16.5. The maximum absolute atomic E-state index is 12.9. The van der Waals surface area contributed by atoms with Gasteiger partial charge in [0, 0.05) is 27.7 Å². The Morgan fingerprint density at radius 3 is 2.19 bits per heavy atom. The summed E-state index contributed by atoms with van der Waals surface area (Å²) >= 11 is 7.73. The first-order valence-electron chi connectivity index (χ1n) is 8.59. The van der Waals surface area contributed by atoms with E-state index in [1.807, 2.05) is 67.7 Å². The van der Waals surface area contributed by atoms with Gasteiger partial charge in [0.1, 0.15) is 5.65 Å². The number of halogens is 1. The Morgan fingerprint density at radius 2 is 1.44 bits per heavy atom. The lowest BCUT2D eigenvalue weighted by Gasteiger charge is -2.10. The normalized spacial score (nSPS) is 11.6. The van der Waals surface area contributed by atoms with Crippen LogP contribution >= 0.6 is 23.4 Å². The van der Waals surface area contributed by atoms with Gasteiger partial charge in [0.25, 0.3) is 5.56 Å². The van der Waals surface area contributed by atoms with Crippen molar-refractivity contribution in [2.24, 2.45) is 7.05 Å². The summed E-state index contributed by atoms with van der Waals surface area (Å²) in [6, 6.07) is 23.8. The molecular formula is C22H15ClN2OS. The van der Waals surface area contributed by atoms with E-state index >= 15 is 0 Å². The third-order valence-corrected chi connectivity index (χ3v) is 6.19. The number of hydrogen-bond acceptors (Lipinski definition) is 2. The summed E-state index contributed by atoms with van der Waals surface area (Å²) in [5.74, 6) is 0. The minimum absolute atomic E-state index is 0.0180. The summed E-state index contributed by atoms with van der Waals surface area (Å²) in [6.45, 7) is 0. The monoisotopic (exact) mass is 390 g/mol. The van der Waals surface area contributed by atoms with Gasteiger partial charge in [-0.05, 0) is 36.4 Å². The second kappa shape index (κ2) is 6.19. The minimum Gasteiger partial charge on any atom is -0.296 e. The quantitative estimate of drug-likeness (QED) is 0.383. The van der Waals surface area contributed by atoms with E-state index in [0.717, 1.165) is 36.9 Å². The maximum atomic E-state index is 12.9. The number of hydrogen-bond donors (Lipinski definition) is 0. The van der Waals surface area contributed by atoms with Crippen LogP contribution in [0.3, 0.4) is 0 Å². The van der Waals surface area contributed by atoms with E-state index in [1.54, 1.807) is 16.3 Å². The van der Waals surface area contributed by atoms with Gasteiger partial charge in [-0.3, -0.25) is 13.8 Å². The van der Waals surface area contributed by atoms with Gasteiger partial charge in [0.2, 0.25) is 0 Å². The summed E-state index contributed by atoms with van der Waals surface area (Å²) < 4.78 is 3.94. The Kier molecular flexibility index (Phi) is 3.78. The number of benzene rings is 3. The molecule has 0 bridgehead atoms. The van der Waals surface area contributed by atoms with Crippen molar-refractivity contribution in [2.75, 3.05) is 0 Å². The van der Waals surface area contributed by atoms with Crippen LogP contribution in [0, 0.1) is 0 Å². The molecule has 0 saturated heterocycles. The molecule has 0 spiro atoms. The zero-order valence-corrected chi connectivity index (χ0v) is 16.1. The average molecular weight is 391 g/mol. The molecule has 0 atom stereocenters. The second-order valence-corrected chi connectivity index (χ2v) is 7.95. The molecule has 0 aliphatic carbocycles. The average Bonchev–Trinajstić information content (AvgIpc) is 3.02. The Hall–Kier alpha value is -2.69. The summed E-state index contributed by atoms with van der Waals surface area (Å²) in [7, 11) is 1.84. The number of aryl methyl sites for hydroxylation is 1. The minimum atomic E-state index is 0.0180. The summed E-state index contributed by atoms with van der Waals surface area (Å²) in [5.41, 5.74) is 1.85. The molecule has 0 amide bonds.